The maximum atomic E-state index is 8.87. The maximum absolute atomic E-state index is 8.87. The van der Waals surface area contributed by atoms with Gasteiger partial charge in [0.25, 0.3) is 0 Å². The molecule has 0 unspecified atom stereocenters. The number of rotatable bonds is 8. The van der Waals surface area contributed by atoms with E-state index >= 15 is 0 Å². The molecule has 1 aliphatic carbocycles. The minimum absolute atomic E-state index is 0.678. The Hall–Kier alpha value is -1.59. The highest BCUT2D eigenvalue weighted by Gasteiger charge is 2.22. The molecule has 0 aromatic heterocycles. The first-order valence-corrected chi connectivity index (χ1v) is 9.06. The Morgan fingerprint density at radius 2 is 1.87 bits per heavy atom. The van der Waals surface area contributed by atoms with Crippen LogP contribution in [0, 0.1) is 17.2 Å². The Labute approximate surface area is 141 Å². The number of nitrogens with zero attached hydrogens (tertiary/aromatic N) is 1. The first-order chi connectivity index (χ1) is 11.3. The van der Waals surface area contributed by atoms with E-state index in [0.717, 1.165) is 31.1 Å². The Bertz CT molecular complexity index is 504. The van der Waals surface area contributed by atoms with E-state index in [4.69, 9.17) is 10.00 Å². The molecular weight excluding hydrogens is 282 g/mol. The average Bonchev–Trinajstić information content (AvgIpc) is 2.61. The summed E-state index contributed by atoms with van der Waals surface area (Å²) in [4.78, 5) is 0. The number of unbranched alkanes of at least 4 members (excludes halogenated alkanes) is 1. The van der Waals surface area contributed by atoms with E-state index in [1.54, 1.807) is 0 Å². The molecule has 0 N–H and O–H groups in total. The lowest BCUT2D eigenvalue weighted by molar-refractivity contribution is 0.135. The molecule has 0 aliphatic heterocycles. The summed E-state index contributed by atoms with van der Waals surface area (Å²) in [5.74, 6) is 1.50. The van der Waals surface area contributed by atoms with E-state index in [1.807, 2.05) is 12.1 Å². The van der Waals surface area contributed by atoms with Crippen LogP contribution >= 0.6 is 0 Å². The molecule has 23 heavy (non-hydrogen) atoms. The van der Waals surface area contributed by atoms with Crippen molar-refractivity contribution in [2.45, 2.75) is 57.8 Å². The number of nitriles is 1. The van der Waals surface area contributed by atoms with Crippen LogP contribution < -0.4 is 0 Å². The molecule has 0 saturated heterocycles. The number of hydrogen-bond donors (Lipinski definition) is 0. The standard InChI is InChI=1S/C21H29NO/c1-2-3-4-5-15-23-16-14-18-6-10-20(11-7-18)21-12-8-19(17-22)9-13-21/h4-5,8-9,12-13,18,20H,2-3,6-7,10-11,14-16H2,1H3/b5-4+. The second kappa shape index (κ2) is 10.2. The van der Waals surface area contributed by atoms with Gasteiger partial charge in [-0.2, -0.15) is 5.26 Å². The predicted molar refractivity (Wildman–Crippen MR) is 95.3 cm³/mol. The number of benzene rings is 1. The average molecular weight is 311 g/mol. The van der Waals surface area contributed by atoms with Crippen molar-refractivity contribution < 1.29 is 4.74 Å². The number of hydrogen-bond acceptors (Lipinski definition) is 2. The Morgan fingerprint density at radius 1 is 1.13 bits per heavy atom. The van der Waals surface area contributed by atoms with E-state index in [1.165, 1.54) is 44.1 Å². The zero-order chi connectivity index (χ0) is 16.3. The van der Waals surface area contributed by atoms with E-state index < -0.39 is 0 Å². The zero-order valence-electron chi connectivity index (χ0n) is 14.3. The lowest BCUT2D eigenvalue weighted by Gasteiger charge is -2.28. The highest BCUT2D eigenvalue weighted by atomic mass is 16.5. The Morgan fingerprint density at radius 3 is 2.52 bits per heavy atom. The van der Waals surface area contributed by atoms with Gasteiger partial charge in [0.05, 0.1) is 18.2 Å². The molecule has 2 nitrogen and oxygen atoms in total. The fourth-order valence-corrected chi connectivity index (χ4v) is 3.37. The lowest BCUT2D eigenvalue weighted by Crippen LogP contribution is -2.15. The summed E-state index contributed by atoms with van der Waals surface area (Å²) in [6, 6.07) is 10.4. The number of ether oxygens (including phenoxy) is 1. The Kier molecular flexibility index (Phi) is 7.90. The fraction of sp³-hybridized carbons (Fsp3) is 0.571. The van der Waals surface area contributed by atoms with Crippen LogP contribution in [0.4, 0.5) is 0 Å². The maximum Gasteiger partial charge on any atom is 0.0991 e. The first kappa shape index (κ1) is 17.8. The van der Waals surface area contributed by atoms with Gasteiger partial charge in [-0.1, -0.05) is 37.6 Å². The smallest absolute Gasteiger partial charge is 0.0991 e. The monoisotopic (exact) mass is 311 g/mol. The van der Waals surface area contributed by atoms with Crippen LogP contribution in [-0.4, -0.2) is 13.2 Å². The highest BCUT2D eigenvalue weighted by Crippen LogP contribution is 2.37. The van der Waals surface area contributed by atoms with Crippen LogP contribution in [0.2, 0.25) is 0 Å². The molecule has 0 heterocycles. The minimum Gasteiger partial charge on any atom is -0.377 e. The Balaban J connectivity index is 1.63. The molecule has 0 amide bonds. The molecular formula is C21H29NO. The quantitative estimate of drug-likeness (QED) is 0.463. The van der Waals surface area contributed by atoms with Gasteiger partial charge in [0, 0.05) is 6.61 Å². The van der Waals surface area contributed by atoms with Gasteiger partial charge in [-0.25, -0.2) is 0 Å². The van der Waals surface area contributed by atoms with Crippen LogP contribution in [0.25, 0.3) is 0 Å². The summed E-state index contributed by atoms with van der Waals surface area (Å²) in [7, 11) is 0. The minimum atomic E-state index is 0.678. The second-order valence-corrected chi connectivity index (χ2v) is 6.58. The third-order valence-electron chi connectivity index (χ3n) is 4.86. The molecule has 1 aliphatic rings. The zero-order valence-corrected chi connectivity index (χ0v) is 14.3. The van der Waals surface area contributed by atoms with Crippen LogP contribution in [0.3, 0.4) is 0 Å². The van der Waals surface area contributed by atoms with Crippen molar-refractivity contribution in [2.75, 3.05) is 13.2 Å². The molecule has 0 bridgehead atoms. The molecule has 1 fully saturated rings. The first-order valence-electron chi connectivity index (χ1n) is 9.06. The van der Waals surface area contributed by atoms with Crippen molar-refractivity contribution in [1.82, 2.24) is 0 Å². The predicted octanol–water partition coefficient (Wildman–Crippen LogP) is 5.60. The SMILES string of the molecule is CCC/C=C/COCCC1CCC(c2ccc(C#N)cc2)CC1. The van der Waals surface area contributed by atoms with Crippen LogP contribution in [-0.2, 0) is 4.74 Å². The van der Waals surface area contributed by atoms with Gasteiger partial charge >= 0.3 is 0 Å². The molecule has 0 spiro atoms. The van der Waals surface area contributed by atoms with Gasteiger partial charge in [-0.3, -0.25) is 0 Å². The molecule has 1 saturated carbocycles. The van der Waals surface area contributed by atoms with Crippen molar-refractivity contribution in [3.8, 4) is 6.07 Å². The summed E-state index contributed by atoms with van der Waals surface area (Å²) >= 11 is 0. The van der Waals surface area contributed by atoms with Gasteiger partial charge in [0.2, 0.25) is 0 Å². The van der Waals surface area contributed by atoms with Gasteiger partial charge < -0.3 is 4.74 Å². The molecule has 2 rings (SSSR count). The summed E-state index contributed by atoms with van der Waals surface area (Å²) in [5, 5.41) is 8.87. The third-order valence-corrected chi connectivity index (χ3v) is 4.86. The topological polar surface area (TPSA) is 33.0 Å². The lowest BCUT2D eigenvalue weighted by atomic mass is 9.77. The van der Waals surface area contributed by atoms with Gasteiger partial charge in [-0.05, 0) is 68.1 Å². The third kappa shape index (κ3) is 6.20. The van der Waals surface area contributed by atoms with Crippen molar-refractivity contribution >= 4 is 0 Å². The highest BCUT2D eigenvalue weighted by molar-refractivity contribution is 5.33. The fourth-order valence-electron chi connectivity index (χ4n) is 3.37. The van der Waals surface area contributed by atoms with E-state index in [0.29, 0.717) is 5.92 Å². The summed E-state index contributed by atoms with van der Waals surface area (Å²) in [6.45, 7) is 3.85. The van der Waals surface area contributed by atoms with Crippen molar-refractivity contribution in [1.29, 1.82) is 5.26 Å². The van der Waals surface area contributed by atoms with Crippen LogP contribution in [0.5, 0.6) is 0 Å². The van der Waals surface area contributed by atoms with E-state index in [-0.39, 0.29) is 0 Å². The van der Waals surface area contributed by atoms with E-state index in [2.05, 4.69) is 37.3 Å². The molecule has 1 aromatic carbocycles. The molecule has 0 radical (unpaired) electrons. The van der Waals surface area contributed by atoms with Gasteiger partial charge in [0.1, 0.15) is 0 Å². The second-order valence-electron chi connectivity index (χ2n) is 6.58. The summed E-state index contributed by atoms with van der Waals surface area (Å²) in [6.07, 6.45) is 13.1. The van der Waals surface area contributed by atoms with E-state index in [9.17, 15) is 0 Å². The van der Waals surface area contributed by atoms with Crippen molar-refractivity contribution in [3.63, 3.8) is 0 Å². The summed E-state index contributed by atoms with van der Waals surface area (Å²) in [5.41, 5.74) is 2.16. The summed E-state index contributed by atoms with van der Waals surface area (Å²) < 4.78 is 5.70. The van der Waals surface area contributed by atoms with Crippen LogP contribution in [0.1, 0.15) is 68.9 Å². The molecule has 1 aromatic rings. The molecule has 124 valence electrons. The molecule has 0 atom stereocenters. The largest absolute Gasteiger partial charge is 0.377 e. The number of allylic oxidation sites excluding steroid dienone is 1. The van der Waals surface area contributed by atoms with Gasteiger partial charge in [0.15, 0.2) is 0 Å². The van der Waals surface area contributed by atoms with Crippen LogP contribution in [0.15, 0.2) is 36.4 Å². The van der Waals surface area contributed by atoms with Gasteiger partial charge in [-0.15, -0.1) is 0 Å². The van der Waals surface area contributed by atoms with Crippen molar-refractivity contribution in [3.05, 3.63) is 47.5 Å². The van der Waals surface area contributed by atoms with Crippen molar-refractivity contribution in [2.24, 2.45) is 5.92 Å². The normalized spacial score (nSPS) is 21.4. The molecule has 2 heteroatoms.